The molecule has 3 aromatic carbocycles. The number of nitrogens with zero attached hydrogens (tertiary/aromatic N) is 2. The number of hydrogen-bond acceptors (Lipinski definition) is 6. The Morgan fingerprint density at radius 3 is 2.28 bits per heavy atom. The van der Waals surface area contributed by atoms with E-state index in [2.05, 4.69) is 0 Å². The fourth-order valence-corrected chi connectivity index (χ4v) is 8.76. The molecule has 12 heteroatoms. The van der Waals surface area contributed by atoms with Gasteiger partial charge < -0.3 is 9.84 Å². The molecule has 0 radical (unpaired) electrons. The number of benzene rings is 3. The van der Waals surface area contributed by atoms with Crippen LogP contribution in [-0.4, -0.2) is 45.6 Å². The number of alkyl halides is 2. The summed E-state index contributed by atoms with van der Waals surface area (Å²) in [6.45, 7) is 1.80. The van der Waals surface area contributed by atoms with Crippen LogP contribution in [0.5, 0.6) is 11.5 Å². The van der Waals surface area contributed by atoms with Crippen LogP contribution in [0.3, 0.4) is 0 Å². The van der Waals surface area contributed by atoms with Crippen LogP contribution in [0.1, 0.15) is 29.9 Å². The van der Waals surface area contributed by atoms with E-state index in [0.29, 0.717) is 16.3 Å². The molecule has 236 valence electrons. The number of phenols is 1. The fraction of sp³-hybridized carbons (Fsp3) is 0.294. The number of carbonyl (C=O) groups is 4. The number of ether oxygens (including phenoxy) is 1. The lowest BCUT2D eigenvalue weighted by molar-refractivity contribution is -0.125. The molecule has 6 atom stereocenters. The zero-order chi connectivity index (χ0) is 32.9. The van der Waals surface area contributed by atoms with Gasteiger partial charge in [0.1, 0.15) is 5.82 Å². The van der Waals surface area contributed by atoms with Crippen LogP contribution in [0, 0.1) is 30.5 Å². The number of carbonyl (C=O) groups excluding carboxylic acids is 4. The lowest BCUT2D eigenvalue weighted by atomic mass is 9.56. The number of aryl methyl sites for hydroxylation is 1. The van der Waals surface area contributed by atoms with Crippen LogP contribution in [0.2, 0.25) is 5.02 Å². The molecule has 0 spiro atoms. The maximum absolute atomic E-state index is 14.4. The monoisotopic (exact) mass is 682 g/mol. The minimum atomic E-state index is -2.19. The van der Waals surface area contributed by atoms with Crippen molar-refractivity contribution in [3.05, 3.63) is 94.3 Å². The molecule has 1 saturated carbocycles. The van der Waals surface area contributed by atoms with E-state index in [0.717, 1.165) is 27.5 Å². The number of para-hydroxylation sites is 1. The summed E-state index contributed by atoms with van der Waals surface area (Å²) in [5.74, 6) is -7.17. The van der Waals surface area contributed by atoms with Crippen LogP contribution in [0.25, 0.3) is 0 Å². The number of halogens is 4. The molecule has 6 unspecified atom stereocenters. The first-order chi connectivity index (χ1) is 21.8. The van der Waals surface area contributed by atoms with Crippen molar-refractivity contribution in [3.8, 4) is 11.5 Å². The second kappa shape index (κ2) is 10.6. The molecule has 46 heavy (non-hydrogen) atoms. The number of rotatable bonds is 4. The van der Waals surface area contributed by atoms with Gasteiger partial charge in [-0.05, 0) is 73.7 Å². The Morgan fingerprint density at radius 2 is 1.61 bits per heavy atom. The van der Waals surface area contributed by atoms with Gasteiger partial charge in [-0.2, -0.15) is 0 Å². The molecule has 3 aromatic rings. The Morgan fingerprint density at radius 1 is 0.913 bits per heavy atom. The van der Waals surface area contributed by atoms with Crippen molar-refractivity contribution in [2.24, 2.45) is 17.8 Å². The Bertz CT molecular complexity index is 1900. The summed E-state index contributed by atoms with van der Waals surface area (Å²) in [4.78, 5) is 54.5. The molecule has 1 N–H and O–H groups in total. The third kappa shape index (κ3) is 3.98. The smallest absolute Gasteiger partial charge is 0.258 e. The lowest BCUT2D eigenvalue weighted by Crippen LogP contribution is -2.60. The summed E-state index contributed by atoms with van der Waals surface area (Å²) in [5.41, 5.74) is 1.82. The highest BCUT2D eigenvalue weighted by Gasteiger charge is 2.77. The number of hydrogen-bond donors (Lipinski definition) is 1. The van der Waals surface area contributed by atoms with E-state index in [1.165, 1.54) is 25.3 Å². The average Bonchev–Trinajstić information content (AvgIpc) is 3.37. The molecule has 0 bridgehead atoms. The molecule has 0 aromatic heterocycles. The first-order valence-corrected chi connectivity index (χ1v) is 15.7. The first kappa shape index (κ1) is 30.7. The minimum Gasteiger partial charge on any atom is -0.504 e. The van der Waals surface area contributed by atoms with Gasteiger partial charge in [-0.1, -0.05) is 41.4 Å². The van der Waals surface area contributed by atoms with Crippen molar-refractivity contribution in [1.29, 1.82) is 0 Å². The summed E-state index contributed by atoms with van der Waals surface area (Å²) < 4.78 is 19.2. The Kier molecular flexibility index (Phi) is 7.05. The second-order valence-corrected chi connectivity index (χ2v) is 13.7. The number of allylic oxidation sites excluding steroid dienone is 2. The van der Waals surface area contributed by atoms with Crippen molar-refractivity contribution >= 4 is 69.8 Å². The third-order valence-corrected chi connectivity index (χ3v) is 11.7. The predicted molar refractivity (Wildman–Crippen MR) is 170 cm³/mol. The number of anilines is 2. The van der Waals surface area contributed by atoms with E-state index in [9.17, 15) is 28.7 Å². The molecule has 3 fully saturated rings. The van der Waals surface area contributed by atoms with Crippen LogP contribution in [0.15, 0.2) is 72.3 Å². The predicted octanol–water partition coefficient (Wildman–Crippen LogP) is 6.27. The number of imide groups is 2. The van der Waals surface area contributed by atoms with Gasteiger partial charge in [-0.25, -0.2) is 14.2 Å². The largest absolute Gasteiger partial charge is 0.504 e. The van der Waals surface area contributed by atoms with Gasteiger partial charge in [-0.3, -0.25) is 19.2 Å². The normalized spacial score (nSPS) is 30.3. The quantitative estimate of drug-likeness (QED) is 0.198. The average molecular weight is 684 g/mol. The van der Waals surface area contributed by atoms with Crippen molar-refractivity contribution in [2.45, 2.75) is 35.4 Å². The number of phenolic OH excluding ortho intramolecular Hbond substituents is 1. The maximum atomic E-state index is 14.4. The maximum Gasteiger partial charge on any atom is 0.258 e. The molecule has 4 aliphatic rings. The van der Waals surface area contributed by atoms with Crippen molar-refractivity contribution in [2.75, 3.05) is 16.9 Å². The molecule has 2 aliphatic heterocycles. The van der Waals surface area contributed by atoms with E-state index in [-0.39, 0.29) is 35.6 Å². The number of amides is 4. The fourth-order valence-electron chi connectivity index (χ4n) is 7.66. The highest BCUT2D eigenvalue weighted by Crippen LogP contribution is 2.66. The Hall–Kier alpha value is -3.92. The van der Waals surface area contributed by atoms with Crippen LogP contribution >= 0.6 is 34.8 Å². The molecular weight excluding hydrogens is 658 g/mol. The second-order valence-electron chi connectivity index (χ2n) is 12.1. The van der Waals surface area contributed by atoms with Crippen molar-refractivity contribution in [1.82, 2.24) is 0 Å². The molecule has 2 aliphatic carbocycles. The first-order valence-electron chi connectivity index (χ1n) is 14.6. The SMILES string of the molecule is COc1cccc(C2C3=CCC4C(=O)N(c5ccc(C)c(Cl)c5)C(=O)C4C3CC3(Cl)C(=O)N(c4ccc(F)cc4)C(=O)C23Cl)c1O. The molecule has 8 nitrogen and oxygen atoms in total. The zero-order valence-electron chi connectivity index (χ0n) is 24.5. The number of fused-ring (bicyclic) bond motifs is 4. The van der Waals surface area contributed by atoms with Gasteiger partial charge in [0, 0.05) is 16.5 Å². The highest BCUT2D eigenvalue weighted by atomic mass is 35.5. The summed E-state index contributed by atoms with van der Waals surface area (Å²) in [6, 6.07) is 14.4. The van der Waals surface area contributed by atoms with E-state index in [1.807, 2.05) is 0 Å². The van der Waals surface area contributed by atoms with E-state index in [4.69, 9.17) is 39.5 Å². The summed E-state index contributed by atoms with van der Waals surface area (Å²) in [7, 11) is 1.37. The van der Waals surface area contributed by atoms with E-state index in [1.54, 1.807) is 43.3 Å². The third-order valence-electron chi connectivity index (χ3n) is 9.87. The molecule has 7 rings (SSSR count). The summed E-state index contributed by atoms with van der Waals surface area (Å²) in [6.07, 6.45) is 1.66. The topological polar surface area (TPSA) is 104 Å². The molecule has 4 amide bonds. The van der Waals surface area contributed by atoms with Gasteiger partial charge in [0.05, 0.1) is 30.3 Å². The van der Waals surface area contributed by atoms with E-state index >= 15 is 0 Å². The lowest BCUT2D eigenvalue weighted by Gasteiger charge is -2.50. The van der Waals surface area contributed by atoms with Gasteiger partial charge >= 0.3 is 0 Å². The van der Waals surface area contributed by atoms with E-state index < -0.39 is 62.9 Å². The summed E-state index contributed by atoms with van der Waals surface area (Å²) in [5, 5.41) is 11.8. The standard InChI is InChI=1S/C34H26Cl3FN2O6/c1-16-6-9-19(14-24(16)35)39-29(42)21-13-12-20-23(26(21)30(39)43)15-33(36)31(44)40(18-10-7-17(38)8-11-18)32(45)34(33,37)27(20)22-4-3-5-25(46-2)28(22)41/h3-12,14,21,23,26-27,41H,13,15H2,1-2H3. The van der Waals surface area contributed by atoms with Gasteiger partial charge in [-0.15, -0.1) is 23.2 Å². The Labute approximate surface area is 278 Å². The van der Waals surface area contributed by atoms with Crippen LogP contribution in [0.4, 0.5) is 15.8 Å². The molecular formula is C34H26Cl3FN2O6. The molecule has 2 saturated heterocycles. The Balaban J connectivity index is 1.41. The number of aromatic hydroxyl groups is 1. The number of methoxy groups -OCH3 is 1. The van der Waals surface area contributed by atoms with Gasteiger partial charge in [0.15, 0.2) is 21.2 Å². The summed E-state index contributed by atoms with van der Waals surface area (Å²) >= 11 is 21.1. The van der Waals surface area contributed by atoms with Gasteiger partial charge in [0.25, 0.3) is 11.8 Å². The zero-order valence-corrected chi connectivity index (χ0v) is 26.7. The van der Waals surface area contributed by atoms with Crippen LogP contribution < -0.4 is 14.5 Å². The van der Waals surface area contributed by atoms with Crippen molar-refractivity contribution in [3.63, 3.8) is 0 Å². The highest BCUT2D eigenvalue weighted by molar-refractivity contribution is 6.58. The minimum absolute atomic E-state index is 0.0591. The van der Waals surface area contributed by atoms with Crippen LogP contribution in [-0.2, 0) is 19.2 Å². The van der Waals surface area contributed by atoms with Gasteiger partial charge in [0.2, 0.25) is 11.8 Å². The molecule has 2 heterocycles. The van der Waals surface area contributed by atoms with Crippen molar-refractivity contribution < 1.29 is 33.4 Å².